The second-order valence-electron chi connectivity index (χ2n) is 5.55. The Morgan fingerprint density at radius 1 is 1.00 bits per heavy atom. The van der Waals surface area contributed by atoms with Gasteiger partial charge in [0.25, 0.3) is 0 Å². The van der Waals surface area contributed by atoms with Gasteiger partial charge < -0.3 is 10.6 Å². The quantitative estimate of drug-likeness (QED) is 0.806. The van der Waals surface area contributed by atoms with Crippen LogP contribution in [0.1, 0.15) is 35.2 Å². The lowest BCUT2D eigenvalue weighted by atomic mass is 10.0. The van der Waals surface area contributed by atoms with Gasteiger partial charge >= 0.3 is 0 Å². The molecule has 0 saturated heterocycles. The zero-order valence-corrected chi connectivity index (χ0v) is 13.8. The largest absolute Gasteiger partial charge is 0.356 e. The van der Waals surface area contributed by atoms with Gasteiger partial charge in [0.15, 0.2) is 5.11 Å². The Labute approximate surface area is 132 Å². The first kappa shape index (κ1) is 15.5. The highest BCUT2D eigenvalue weighted by atomic mass is 32.1. The first-order valence-corrected chi connectivity index (χ1v) is 7.58. The van der Waals surface area contributed by atoms with Crippen LogP contribution in [0.3, 0.4) is 0 Å². The van der Waals surface area contributed by atoms with E-state index in [2.05, 4.69) is 80.8 Å². The van der Waals surface area contributed by atoms with Crippen molar-refractivity contribution in [1.29, 1.82) is 0 Å². The first-order valence-electron chi connectivity index (χ1n) is 7.17. The summed E-state index contributed by atoms with van der Waals surface area (Å²) >= 11 is 5.42. The second kappa shape index (κ2) is 6.72. The third-order valence-corrected chi connectivity index (χ3v) is 3.70. The molecule has 0 amide bonds. The molecule has 0 fully saturated rings. The van der Waals surface area contributed by atoms with Gasteiger partial charge in [0, 0.05) is 5.69 Å². The average molecular weight is 298 g/mol. The fraction of sp³-hybridized carbons (Fsp3) is 0.278. The summed E-state index contributed by atoms with van der Waals surface area (Å²) in [6.07, 6.45) is 0. The van der Waals surface area contributed by atoms with E-state index in [1.807, 2.05) is 0 Å². The van der Waals surface area contributed by atoms with E-state index < -0.39 is 0 Å². The zero-order chi connectivity index (χ0) is 15.4. The predicted octanol–water partition coefficient (Wildman–Crippen LogP) is 4.66. The summed E-state index contributed by atoms with van der Waals surface area (Å²) in [5, 5.41) is 7.26. The number of hydrogen-bond donors (Lipinski definition) is 2. The van der Waals surface area contributed by atoms with Crippen molar-refractivity contribution in [3.63, 3.8) is 0 Å². The third kappa shape index (κ3) is 4.30. The van der Waals surface area contributed by atoms with Crippen molar-refractivity contribution in [1.82, 2.24) is 5.32 Å². The summed E-state index contributed by atoms with van der Waals surface area (Å²) in [6.45, 7) is 8.42. The monoisotopic (exact) mass is 298 g/mol. The summed E-state index contributed by atoms with van der Waals surface area (Å²) in [5.74, 6) is 0. The SMILES string of the molecule is Cc1cc(C)cc(NC(=S)N[C@@H](C)c2ccccc2C)c1. The smallest absolute Gasteiger partial charge is 0.171 e. The van der Waals surface area contributed by atoms with Crippen LogP contribution in [0.25, 0.3) is 0 Å². The fourth-order valence-corrected chi connectivity index (χ4v) is 2.86. The zero-order valence-electron chi connectivity index (χ0n) is 13.0. The van der Waals surface area contributed by atoms with Crippen molar-refractivity contribution in [2.24, 2.45) is 0 Å². The molecular formula is C18H22N2S. The lowest BCUT2D eigenvalue weighted by Gasteiger charge is -2.19. The van der Waals surface area contributed by atoms with E-state index in [4.69, 9.17) is 12.2 Å². The van der Waals surface area contributed by atoms with Crippen LogP contribution in [-0.4, -0.2) is 5.11 Å². The molecule has 2 N–H and O–H groups in total. The first-order chi connectivity index (χ1) is 9.95. The molecule has 2 rings (SSSR count). The molecule has 0 spiro atoms. The van der Waals surface area contributed by atoms with Crippen LogP contribution in [0.4, 0.5) is 5.69 Å². The Hall–Kier alpha value is -1.87. The van der Waals surface area contributed by atoms with Gasteiger partial charge in [-0.15, -0.1) is 0 Å². The van der Waals surface area contributed by atoms with Gasteiger partial charge in [0.2, 0.25) is 0 Å². The van der Waals surface area contributed by atoms with Crippen molar-refractivity contribution in [3.05, 3.63) is 64.7 Å². The average Bonchev–Trinajstić information content (AvgIpc) is 2.37. The molecule has 2 aromatic carbocycles. The highest BCUT2D eigenvalue weighted by molar-refractivity contribution is 7.80. The van der Waals surface area contributed by atoms with Crippen molar-refractivity contribution < 1.29 is 0 Å². The number of hydrogen-bond acceptors (Lipinski definition) is 1. The summed E-state index contributed by atoms with van der Waals surface area (Å²) in [5.41, 5.74) is 6.02. The van der Waals surface area contributed by atoms with Gasteiger partial charge in [0.05, 0.1) is 6.04 Å². The lowest BCUT2D eigenvalue weighted by molar-refractivity contribution is 0.717. The Morgan fingerprint density at radius 3 is 2.24 bits per heavy atom. The van der Waals surface area contributed by atoms with Crippen LogP contribution < -0.4 is 10.6 Å². The van der Waals surface area contributed by atoms with Crippen molar-refractivity contribution in [2.45, 2.75) is 33.7 Å². The van der Waals surface area contributed by atoms with Gasteiger partial charge in [-0.2, -0.15) is 0 Å². The topological polar surface area (TPSA) is 24.1 Å². The van der Waals surface area contributed by atoms with Gasteiger partial charge in [-0.3, -0.25) is 0 Å². The molecule has 0 bridgehead atoms. The minimum Gasteiger partial charge on any atom is -0.356 e. The number of aryl methyl sites for hydroxylation is 3. The summed E-state index contributed by atoms with van der Waals surface area (Å²) < 4.78 is 0. The van der Waals surface area contributed by atoms with Crippen LogP contribution >= 0.6 is 12.2 Å². The number of rotatable bonds is 3. The molecule has 0 heterocycles. The van der Waals surface area contributed by atoms with Gasteiger partial charge in [-0.05, 0) is 74.3 Å². The summed E-state index contributed by atoms with van der Waals surface area (Å²) in [7, 11) is 0. The van der Waals surface area contributed by atoms with E-state index in [-0.39, 0.29) is 6.04 Å². The number of anilines is 1. The number of benzene rings is 2. The minimum atomic E-state index is 0.178. The van der Waals surface area contributed by atoms with Crippen molar-refractivity contribution >= 4 is 23.0 Å². The maximum Gasteiger partial charge on any atom is 0.171 e. The molecule has 0 aliphatic heterocycles. The lowest BCUT2D eigenvalue weighted by Crippen LogP contribution is -2.31. The van der Waals surface area contributed by atoms with Gasteiger partial charge in [-0.1, -0.05) is 30.3 Å². The molecule has 1 atom stereocenters. The van der Waals surface area contributed by atoms with Crippen LogP contribution in [0.2, 0.25) is 0 Å². The van der Waals surface area contributed by atoms with E-state index in [1.165, 1.54) is 22.3 Å². The van der Waals surface area contributed by atoms with Crippen LogP contribution in [-0.2, 0) is 0 Å². The molecule has 0 aliphatic carbocycles. The molecular weight excluding hydrogens is 276 g/mol. The van der Waals surface area contributed by atoms with Crippen LogP contribution in [0.5, 0.6) is 0 Å². The molecule has 0 aliphatic rings. The Morgan fingerprint density at radius 2 is 1.62 bits per heavy atom. The molecule has 3 heteroatoms. The van der Waals surface area contributed by atoms with E-state index in [0.29, 0.717) is 5.11 Å². The Kier molecular flexibility index (Phi) is 4.97. The predicted molar refractivity (Wildman–Crippen MR) is 94.9 cm³/mol. The standard InChI is InChI=1S/C18H22N2S/c1-12-9-13(2)11-16(10-12)20-18(21)19-15(4)17-8-6-5-7-14(17)3/h5-11,15H,1-4H3,(H2,19,20,21)/t15-/m0/s1. The highest BCUT2D eigenvalue weighted by Gasteiger charge is 2.09. The van der Waals surface area contributed by atoms with Gasteiger partial charge in [-0.25, -0.2) is 0 Å². The Balaban J connectivity index is 2.03. The van der Waals surface area contributed by atoms with E-state index in [9.17, 15) is 0 Å². The maximum absolute atomic E-state index is 5.42. The normalized spacial score (nSPS) is 11.8. The molecule has 0 radical (unpaired) electrons. The molecule has 0 aromatic heterocycles. The van der Waals surface area contributed by atoms with E-state index in [1.54, 1.807) is 0 Å². The fourth-order valence-electron chi connectivity index (χ4n) is 2.56. The molecule has 2 nitrogen and oxygen atoms in total. The van der Waals surface area contributed by atoms with E-state index >= 15 is 0 Å². The highest BCUT2D eigenvalue weighted by Crippen LogP contribution is 2.18. The maximum atomic E-state index is 5.42. The van der Waals surface area contributed by atoms with Crippen LogP contribution in [0.15, 0.2) is 42.5 Å². The summed E-state index contributed by atoms with van der Waals surface area (Å²) in [4.78, 5) is 0. The summed E-state index contributed by atoms with van der Waals surface area (Å²) in [6, 6.07) is 14.9. The Bertz CT molecular complexity index is 629. The second-order valence-corrected chi connectivity index (χ2v) is 5.96. The van der Waals surface area contributed by atoms with Gasteiger partial charge in [0.1, 0.15) is 0 Å². The van der Waals surface area contributed by atoms with E-state index in [0.717, 1.165) is 5.69 Å². The molecule has 110 valence electrons. The molecule has 21 heavy (non-hydrogen) atoms. The minimum absolute atomic E-state index is 0.178. The van der Waals surface area contributed by atoms with Crippen molar-refractivity contribution in [2.75, 3.05) is 5.32 Å². The van der Waals surface area contributed by atoms with Crippen LogP contribution in [0, 0.1) is 20.8 Å². The number of nitrogens with one attached hydrogen (secondary N) is 2. The molecule has 0 unspecified atom stereocenters. The molecule has 0 saturated carbocycles. The third-order valence-electron chi connectivity index (χ3n) is 3.48. The van der Waals surface area contributed by atoms with Crippen molar-refractivity contribution in [3.8, 4) is 0 Å². The molecule has 2 aromatic rings. The number of thiocarbonyl (C=S) groups is 1.